The van der Waals surface area contributed by atoms with Crippen molar-refractivity contribution in [3.05, 3.63) is 35.4 Å². The number of likely N-dealkylation sites (tertiary alicyclic amines) is 1. The molecule has 1 saturated carbocycles. The highest BCUT2D eigenvalue weighted by Gasteiger charge is 2.28. The van der Waals surface area contributed by atoms with E-state index in [1.807, 2.05) is 24.3 Å². The van der Waals surface area contributed by atoms with E-state index in [2.05, 4.69) is 11.0 Å². The number of rotatable bonds is 3. The molecule has 1 aliphatic heterocycles. The Bertz CT molecular complexity index is 529. The van der Waals surface area contributed by atoms with Crippen LogP contribution in [0.3, 0.4) is 0 Å². The van der Waals surface area contributed by atoms with Crippen molar-refractivity contribution in [2.45, 2.75) is 45.1 Å². The van der Waals surface area contributed by atoms with Crippen molar-refractivity contribution in [1.82, 2.24) is 4.90 Å². The molecule has 0 bridgehead atoms. The first-order valence-corrected chi connectivity index (χ1v) is 7.95. The third kappa shape index (κ3) is 3.53. The summed E-state index contributed by atoms with van der Waals surface area (Å²) in [7, 11) is 0. The molecule has 1 unspecified atom stereocenters. The molecule has 1 heterocycles. The van der Waals surface area contributed by atoms with Crippen LogP contribution in [0.15, 0.2) is 29.8 Å². The van der Waals surface area contributed by atoms with Gasteiger partial charge >= 0.3 is 5.97 Å². The number of hydrogen-bond acceptors (Lipinski definition) is 3. The minimum atomic E-state index is -0.272. The first-order valence-electron chi connectivity index (χ1n) is 7.95. The summed E-state index contributed by atoms with van der Waals surface area (Å²) in [5, 5.41) is 0. The van der Waals surface area contributed by atoms with E-state index in [4.69, 9.17) is 4.74 Å². The summed E-state index contributed by atoms with van der Waals surface area (Å²) >= 11 is 0. The van der Waals surface area contributed by atoms with Gasteiger partial charge in [0.25, 0.3) is 0 Å². The largest absolute Gasteiger partial charge is 0.427 e. The Morgan fingerprint density at radius 2 is 1.95 bits per heavy atom. The average molecular weight is 285 g/mol. The second-order valence-electron chi connectivity index (χ2n) is 6.03. The van der Waals surface area contributed by atoms with Gasteiger partial charge in [-0.1, -0.05) is 30.2 Å². The third-order valence-corrected chi connectivity index (χ3v) is 4.45. The van der Waals surface area contributed by atoms with Crippen LogP contribution in [0, 0.1) is 0 Å². The number of carbonyl (C=O) groups excluding carboxylic acids is 1. The summed E-state index contributed by atoms with van der Waals surface area (Å²) in [4.78, 5) is 13.5. The maximum Gasteiger partial charge on any atom is 0.308 e. The predicted molar refractivity (Wildman–Crippen MR) is 84.2 cm³/mol. The molecule has 3 rings (SSSR count). The van der Waals surface area contributed by atoms with Gasteiger partial charge in [-0.15, -0.1) is 0 Å². The normalized spacial score (nSPS) is 24.6. The summed E-state index contributed by atoms with van der Waals surface area (Å²) in [6, 6.07) is 8.46. The van der Waals surface area contributed by atoms with Gasteiger partial charge in [0.05, 0.1) is 0 Å². The zero-order chi connectivity index (χ0) is 14.7. The van der Waals surface area contributed by atoms with Crippen molar-refractivity contribution in [2.75, 3.05) is 13.1 Å². The molecule has 0 radical (unpaired) electrons. The zero-order valence-corrected chi connectivity index (χ0v) is 12.7. The number of benzene rings is 1. The lowest BCUT2D eigenvalue weighted by molar-refractivity contribution is -0.131. The second kappa shape index (κ2) is 6.44. The molecule has 3 nitrogen and oxygen atoms in total. The fourth-order valence-electron chi connectivity index (χ4n) is 3.27. The second-order valence-corrected chi connectivity index (χ2v) is 6.03. The molecule has 112 valence electrons. The Morgan fingerprint density at radius 1 is 1.19 bits per heavy atom. The van der Waals surface area contributed by atoms with Gasteiger partial charge in [-0.3, -0.25) is 9.69 Å². The van der Waals surface area contributed by atoms with Crippen molar-refractivity contribution in [2.24, 2.45) is 0 Å². The SMILES string of the molecule is CC(=O)Oc1ccc(C=C2CCCCC2N2CCC2)cc1. The van der Waals surface area contributed by atoms with Gasteiger partial charge in [0.1, 0.15) is 5.75 Å². The lowest BCUT2D eigenvalue weighted by Gasteiger charge is -2.42. The van der Waals surface area contributed by atoms with Crippen molar-refractivity contribution in [1.29, 1.82) is 0 Å². The lowest BCUT2D eigenvalue weighted by Crippen LogP contribution is -2.46. The lowest BCUT2D eigenvalue weighted by atomic mass is 9.86. The molecular formula is C18H23NO2. The molecule has 3 heteroatoms. The summed E-state index contributed by atoms with van der Waals surface area (Å²) in [6.07, 6.45) is 8.86. The molecule has 21 heavy (non-hydrogen) atoms. The van der Waals surface area contributed by atoms with E-state index in [0.29, 0.717) is 11.8 Å². The van der Waals surface area contributed by atoms with E-state index in [9.17, 15) is 4.79 Å². The van der Waals surface area contributed by atoms with Crippen molar-refractivity contribution < 1.29 is 9.53 Å². The minimum absolute atomic E-state index is 0.272. The van der Waals surface area contributed by atoms with Gasteiger partial charge < -0.3 is 4.74 Å². The molecule has 1 aliphatic carbocycles. The van der Waals surface area contributed by atoms with E-state index in [0.717, 1.165) is 0 Å². The van der Waals surface area contributed by atoms with Gasteiger partial charge in [0.2, 0.25) is 0 Å². The van der Waals surface area contributed by atoms with Crippen LogP contribution in [0.1, 0.15) is 44.6 Å². The average Bonchev–Trinajstić information content (AvgIpc) is 2.41. The highest BCUT2D eigenvalue weighted by atomic mass is 16.5. The van der Waals surface area contributed by atoms with Crippen LogP contribution in [-0.2, 0) is 4.79 Å². The van der Waals surface area contributed by atoms with Gasteiger partial charge in [0, 0.05) is 13.0 Å². The molecule has 0 N–H and O–H groups in total. The van der Waals surface area contributed by atoms with Crippen LogP contribution in [0.5, 0.6) is 5.75 Å². The number of ether oxygens (including phenoxy) is 1. The first-order chi connectivity index (χ1) is 10.2. The molecule has 1 aromatic rings. The fourth-order valence-corrected chi connectivity index (χ4v) is 3.27. The summed E-state index contributed by atoms with van der Waals surface area (Å²) in [6.45, 7) is 3.94. The highest BCUT2D eigenvalue weighted by molar-refractivity contribution is 5.69. The summed E-state index contributed by atoms with van der Waals surface area (Å²) in [5.41, 5.74) is 2.77. The molecule has 1 aromatic carbocycles. The Kier molecular flexibility index (Phi) is 4.39. The van der Waals surface area contributed by atoms with Crippen LogP contribution < -0.4 is 4.74 Å². The molecule has 2 fully saturated rings. The Labute approximate surface area is 126 Å². The monoisotopic (exact) mass is 285 g/mol. The molecule has 1 atom stereocenters. The van der Waals surface area contributed by atoms with E-state index in [-0.39, 0.29) is 5.97 Å². The molecular weight excluding hydrogens is 262 g/mol. The first kappa shape index (κ1) is 14.3. The predicted octanol–water partition coefficient (Wildman–Crippen LogP) is 3.64. The van der Waals surface area contributed by atoms with Gasteiger partial charge in [0.15, 0.2) is 0 Å². The van der Waals surface area contributed by atoms with Gasteiger partial charge in [-0.25, -0.2) is 0 Å². The molecule has 0 aromatic heterocycles. The van der Waals surface area contributed by atoms with Gasteiger partial charge in [-0.2, -0.15) is 0 Å². The third-order valence-electron chi connectivity index (χ3n) is 4.45. The molecule has 2 aliphatic rings. The number of nitrogens with zero attached hydrogens (tertiary/aromatic N) is 1. The Balaban J connectivity index is 1.73. The van der Waals surface area contributed by atoms with Crippen molar-refractivity contribution in [3.63, 3.8) is 0 Å². The molecule has 0 spiro atoms. The van der Waals surface area contributed by atoms with Crippen LogP contribution in [0.2, 0.25) is 0 Å². The quantitative estimate of drug-likeness (QED) is 0.627. The minimum Gasteiger partial charge on any atom is -0.427 e. The van der Waals surface area contributed by atoms with E-state index in [1.54, 1.807) is 5.57 Å². The Morgan fingerprint density at radius 3 is 2.57 bits per heavy atom. The highest BCUT2D eigenvalue weighted by Crippen LogP contribution is 2.32. The van der Waals surface area contributed by atoms with Crippen LogP contribution in [0.25, 0.3) is 6.08 Å². The summed E-state index contributed by atoms with van der Waals surface area (Å²) in [5.74, 6) is 0.346. The maximum atomic E-state index is 10.9. The van der Waals surface area contributed by atoms with Crippen LogP contribution >= 0.6 is 0 Å². The van der Waals surface area contributed by atoms with Gasteiger partial charge in [-0.05, 0) is 56.5 Å². The zero-order valence-electron chi connectivity index (χ0n) is 12.7. The molecule has 1 saturated heterocycles. The van der Waals surface area contributed by atoms with E-state index >= 15 is 0 Å². The maximum absolute atomic E-state index is 10.9. The fraction of sp³-hybridized carbons (Fsp3) is 0.500. The van der Waals surface area contributed by atoms with E-state index < -0.39 is 0 Å². The standard InChI is InChI=1S/C18H23NO2/c1-14(20)21-17-9-7-15(8-10-17)13-16-5-2-3-6-18(16)19-11-4-12-19/h7-10,13,18H,2-6,11-12H2,1H3. The smallest absolute Gasteiger partial charge is 0.308 e. The number of carbonyl (C=O) groups is 1. The van der Waals surface area contributed by atoms with E-state index in [1.165, 1.54) is 57.7 Å². The number of hydrogen-bond donors (Lipinski definition) is 0. The Hall–Kier alpha value is -1.61. The van der Waals surface area contributed by atoms with Crippen LogP contribution in [0.4, 0.5) is 0 Å². The molecule has 0 amide bonds. The summed E-state index contributed by atoms with van der Waals surface area (Å²) < 4.78 is 5.08. The van der Waals surface area contributed by atoms with Crippen molar-refractivity contribution >= 4 is 12.0 Å². The van der Waals surface area contributed by atoms with Crippen molar-refractivity contribution in [3.8, 4) is 5.75 Å². The van der Waals surface area contributed by atoms with Crippen LogP contribution in [-0.4, -0.2) is 30.0 Å². The number of esters is 1. The topological polar surface area (TPSA) is 29.5 Å².